The van der Waals surface area contributed by atoms with Crippen molar-refractivity contribution < 1.29 is 13.9 Å². The van der Waals surface area contributed by atoms with E-state index in [1.165, 1.54) is 11.8 Å². The first-order chi connectivity index (χ1) is 10.1. The van der Waals surface area contributed by atoms with Crippen LogP contribution in [0.4, 0.5) is 11.4 Å². The summed E-state index contributed by atoms with van der Waals surface area (Å²) >= 11 is 1.34. The van der Waals surface area contributed by atoms with E-state index in [-0.39, 0.29) is 5.91 Å². The highest BCUT2D eigenvalue weighted by molar-refractivity contribution is 7.99. The molecule has 0 atom stereocenters. The Hall–Kier alpha value is -2.22. The van der Waals surface area contributed by atoms with Gasteiger partial charge in [0.2, 0.25) is 11.8 Å². The van der Waals surface area contributed by atoms with Crippen LogP contribution in [0.2, 0.25) is 0 Å². The number of nitrogens with zero attached hydrogens (tertiary/aromatic N) is 2. The molecule has 0 fully saturated rings. The molecule has 0 radical (unpaired) electrons. The van der Waals surface area contributed by atoms with Gasteiger partial charge in [0.25, 0.3) is 5.22 Å². The summed E-state index contributed by atoms with van der Waals surface area (Å²) in [6.07, 6.45) is 0.317. The molecule has 3 N–H and O–H groups in total. The molecule has 1 amide bonds. The quantitative estimate of drug-likeness (QED) is 0.622. The molecule has 2 rings (SSSR count). The normalized spacial score (nSPS) is 10.4. The number of aryl methyl sites for hydroxylation is 1. The molecule has 0 aliphatic rings. The van der Waals surface area contributed by atoms with Crippen molar-refractivity contribution in [1.82, 2.24) is 10.2 Å². The number of benzene rings is 1. The first-order valence-electron chi connectivity index (χ1n) is 6.25. The number of rotatable bonds is 6. The fourth-order valence-corrected chi connectivity index (χ4v) is 2.30. The van der Waals surface area contributed by atoms with Gasteiger partial charge in [-0.05, 0) is 12.1 Å². The van der Waals surface area contributed by atoms with E-state index < -0.39 is 0 Å². The van der Waals surface area contributed by atoms with Crippen molar-refractivity contribution in [3.8, 4) is 5.75 Å². The number of methoxy groups -OCH3 is 1. The van der Waals surface area contributed by atoms with Crippen molar-refractivity contribution in [2.24, 2.45) is 0 Å². The smallest absolute Gasteiger partial charge is 0.276 e. The van der Waals surface area contributed by atoms with Gasteiger partial charge in [-0.15, -0.1) is 10.2 Å². The number of thioether (sulfide) groups is 1. The van der Waals surface area contributed by atoms with Crippen molar-refractivity contribution in [2.75, 3.05) is 23.9 Å². The van der Waals surface area contributed by atoms with Crippen LogP contribution < -0.4 is 15.8 Å². The Balaban J connectivity index is 1.81. The molecule has 8 heteroatoms. The molecule has 112 valence electrons. The van der Waals surface area contributed by atoms with Crippen LogP contribution in [0.15, 0.2) is 27.8 Å². The van der Waals surface area contributed by atoms with E-state index in [0.717, 1.165) is 0 Å². The minimum absolute atomic E-state index is 0.129. The molecule has 0 aliphatic heterocycles. The Morgan fingerprint density at radius 1 is 1.48 bits per heavy atom. The Labute approximate surface area is 126 Å². The predicted molar refractivity (Wildman–Crippen MR) is 80.4 cm³/mol. The van der Waals surface area contributed by atoms with Gasteiger partial charge < -0.3 is 20.2 Å². The number of ether oxygens (including phenoxy) is 1. The lowest BCUT2D eigenvalue weighted by atomic mass is 10.2. The van der Waals surface area contributed by atoms with E-state index in [0.29, 0.717) is 40.4 Å². The monoisotopic (exact) mass is 308 g/mol. The third kappa shape index (κ3) is 4.38. The maximum absolute atomic E-state index is 11.8. The zero-order chi connectivity index (χ0) is 15.2. The predicted octanol–water partition coefficient (Wildman–Crippen LogP) is 2.09. The molecular formula is C13H16N4O3S. The maximum Gasteiger partial charge on any atom is 0.276 e. The van der Waals surface area contributed by atoms with Gasteiger partial charge in [0.1, 0.15) is 5.75 Å². The molecule has 7 nitrogen and oxygen atoms in total. The van der Waals surface area contributed by atoms with Gasteiger partial charge in [0.15, 0.2) is 0 Å². The summed E-state index contributed by atoms with van der Waals surface area (Å²) in [5.41, 5.74) is 6.86. The van der Waals surface area contributed by atoms with Gasteiger partial charge in [-0.25, -0.2) is 0 Å². The van der Waals surface area contributed by atoms with Gasteiger partial charge >= 0.3 is 0 Å². The zero-order valence-electron chi connectivity index (χ0n) is 11.8. The summed E-state index contributed by atoms with van der Waals surface area (Å²) < 4.78 is 10.3. The van der Waals surface area contributed by atoms with Gasteiger partial charge in [-0.2, -0.15) is 0 Å². The second-order valence-electron chi connectivity index (χ2n) is 4.19. The largest absolute Gasteiger partial charge is 0.497 e. The summed E-state index contributed by atoms with van der Waals surface area (Å²) in [6.45, 7) is 1.72. The lowest BCUT2D eigenvalue weighted by Gasteiger charge is -2.09. The van der Waals surface area contributed by atoms with Crippen molar-refractivity contribution in [3.63, 3.8) is 0 Å². The summed E-state index contributed by atoms with van der Waals surface area (Å²) in [5.74, 6) is 1.57. The number of nitrogens with two attached hydrogens (primary N) is 1. The lowest BCUT2D eigenvalue weighted by molar-refractivity contribution is -0.115. The Morgan fingerprint density at radius 2 is 2.29 bits per heavy atom. The fraction of sp³-hybridized carbons (Fsp3) is 0.308. The number of hydrogen-bond donors (Lipinski definition) is 2. The molecular weight excluding hydrogens is 292 g/mol. The van der Waals surface area contributed by atoms with Crippen molar-refractivity contribution in [2.45, 2.75) is 18.6 Å². The van der Waals surface area contributed by atoms with E-state index in [1.807, 2.05) is 0 Å². The number of aromatic nitrogens is 2. The molecule has 0 unspecified atom stereocenters. The number of amides is 1. The SMILES string of the molecule is COc1ccc(NC(=O)CCSc2nnc(C)o2)c(N)c1. The van der Waals surface area contributed by atoms with Gasteiger partial charge in [0.05, 0.1) is 18.5 Å². The van der Waals surface area contributed by atoms with Crippen LogP contribution in [0, 0.1) is 6.92 Å². The summed E-state index contributed by atoms with van der Waals surface area (Å²) in [4.78, 5) is 11.8. The van der Waals surface area contributed by atoms with E-state index in [4.69, 9.17) is 14.9 Å². The summed E-state index contributed by atoms with van der Waals surface area (Å²) in [6, 6.07) is 5.11. The average molecular weight is 308 g/mol. The highest BCUT2D eigenvalue weighted by Crippen LogP contribution is 2.24. The number of anilines is 2. The molecule has 0 bridgehead atoms. The van der Waals surface area contributed by atoms with Crippen LogP contribution in [0.3, 0.4) is 0 Å². The Bertz CT molecular complexity index is 630. The van der Waals surface area contributed by atoms with E-state index in [1.54, 1.807) is 32.2 Å². The fourth-order valence-electron chi connectivity index (χ4n) is 1.56. The van der Waals surface area contributed by atoms with Crippen LogP contribution >= 0.6 is 11.8 Å². The molecule has 1 aromatic carbocycles. The van der Waals surface area contributed by atoms with Gasteiger partial charge in [0, 0.05) is 25.2 Å². The molecule has 0 saturated heterocycles. The van der Waals surface area contributed by atoms with Crippen LogP contribution in [-0.4, -0.2) is 29.0 Å². The number of hydrogen-bond acceptors (Lipinski definition) is 7. The standard InChI is InChI=1S/C13H16N4O3S/c1-8-16-17-13(20-8)21-6-5-12(18)15-11-4-3-9(19-2)7-10(11)14/h3-4,7H,5-6,14H2,1-2H3,(H,15,18). The third-order valence-electron chi connectivity index (χ3n) is 2.59. The van der Waals surface area contributed by atoms with E-state index in [2.05, 4.69) is 15.5 Å². The van der Waals surface area contributed by atoms with Gasteiger partial charge in [-0.1, -0.05) is 11.8 Å². The highest BCUT2D eigenvalue weighted by Gasteiger charge is 2.08. The Morgan fingerprint density at radius 3 is 2.90 bits per heavy atom. The van der Waals surface area contributed by atoms with E-state index >= 15 is 0 Å². The van der Waals surface area contributed by atoms with Crippen LogP contribution in [-0.2, 0) is 4.79 Å². The number of carbonyl (C=O) groups excluding carboxylic acids is 1. The molecule has 1 heterocycles. The first-order valence-corrected chi connectivity index (χ1v) is 7.23. The molecule has 1 aromatic heterocycles. The molecule has 0 aliphatic carbocycles. The minimum Gasteiger partial charge on any atom is -0.497 e. The Kier molecular flexibility index (Phi) is 5.04. The van der Waals surface area contributed by atoms with Crippen LogP contribution in [0.5, 0.6) is 5.75 Å². The highest BCUT2D eigenvalue weighted by atomic mass is 32.2. The topological polar surface area (TPSA) is 103 Å². The summed E-state index contributed by atoms with van der Waals surface area (Å²) in [7, 11) is 1.56. The lowest BCUT2D eigenvalue weighted by Crippen LogP contribution is -2.13. The number of nitrogen functional groups attached to an aromatic ring is 1. The van der Waals surface area contributed by atoms with Crippen LogP contribution in [0.25, 0.3) is 0 Å². The second-order valence-corrected chi connectivity index (χ2v) is 5.23. The van der Waals surface area contributed by atoms with Crippen molar-refractivity contribution in [1.29, 1.82) is 0 Å². The third-order valence-corrected chi connectivity index (χ3v) is 3.42. The molecule has 21 heavy (non-hydrogen) atoms. The minimum atomic E-state index is -0.129. The number of nitrogens with one attached hydrogen (secondary N) is 1. The van der Waals surface area contributed by atoms with Gasteiger partial charge in [-0.3, -0.25) is 4.79 Å². The molecule has 2 aromatic rings. The zero-order valence-corrected chi connectivity index (χ0v) is 12.6. The molecule has 0 saturated carbocycles. The summed E-state index contributed by atoms with van der Waals surface area (Å²) in [5, 5.41) is 10.8. The molecule has 0 spiro atoms. The van der Waals surface area contributed by atoms with Crippen LogP contribution in [0.1, 0.15) is 12.3 Å². The maximum atomic E-state index is 11.8. The van der Waals surface area contributed by atoms with E-state index in [9.17, 15) is 4.79 Å². The van der Waals surface area contributed by atoms with Crippen molar-refractivity contribution >= 4 is 29.0 Å². The number of carbonyl (C=O) groups is 1. The first kappa shape index (κ1) is 15.2. The second kappa shape index (κ2) is 6.98. The average Bonchev–Trinajstić information content (AvgIpc) is 2.86. The van der Waals surface area contributed by atoms with Crippen molar-refractivity contribution in [3.05, 3.63) is 24.1 Å².